The van der Waals surface area contributed by atoms with Gasteiger partial charge in [-0.25, -0.2) is 27.0 Å². The highest BCUT2D eigenvalue weighted by Gasteiger charge is 2.29. The second kappa shape index (κ2) is 7.83. The Morgan fingerprint density at radius 2 is 1.57 bits per heavy atom. The molecular weight excluding hydrogens is 416 g/mol. The minimum absolute atomic E-state index is 0.0402. The highest BCUT2D eigenvalue weighted by Crippen LogP contribution is 2.20. The maximum Gasteiger partial charge on any atom is 0.319 e. The van der Waals surface area contributed by atoms with Crippen molar-refractivity contribution in [3.63, 3.8) is 0 Å². The third kappa shape index (κ3) is 4.38. The summed E-state index contributed by atoms with van der Waals surface area (Å²) in [6.45, 7) is -1.44. The Bertz CT molecular complexity index is 1030. The van der Waals surface area contributed by atoms with Gasteiger partial charge >= 0.3 is 6.55 Å². The highest BCUT2D eigenvalue weighted by atomic mass is 32.2. The number of primary sulfonamides is 1. The minimum atomic E-state index is -3.91. The molecule has 0 spiro atoms. The first-order valence-electron chi connectivity index (χ1n) is 8.24. The van der Waals surface area contributed by atoms with Crippen molar-refractivity contribution in [3.8, 4) is 0 Å². The van der Waals surface area contributed by atoms with Gasteiger partial charge in [0, 0.05) is 38.6 Å². The fourth-order valence-corrected chi connectivity index (χ4v) is 4.86. The van der Waals surface area contributed by atoms with E-state index in [0.29, 0.717) is 13.1 Å². The molecule has 0 aliphatic carbocycles. The van der Waals surface area contributed by atoms with Crippen LogP contribution in [0, 0.1) is 0 Å². The molecule has 1 aromatic heterocycles. The molecule has 1 aromatic carbocycles. The number of piperazine rings is 1. The lowest BCUT2D eigenvalue weighted by Gasteiger charge is -2.33. The van der Waals surface area contributed by atoms with Crippen molar-refractivity contribution < 1.29 is 25.6 Å². The van der Waals surface area contributed by atoms with Crippen molar-refractivity contribution in [1.82, 2.24) is 18.8 Å². The molecule has 0 amide bonds. The Kier molecular flexibility index (Phi) is 5.82. The number of nitrogens with zero attached hydrogens (tertiary/aromatic N) is 4. The quantitative estimate of drug-likeness (QED) is 0.703. The number of hydrogen-bond donors (Lipinski definition) is 1. The Labute approximate surface area is 161 Å². The number of imidazole rings is 1. The van der Waals surface area contributed by atoms with Crippen molar-refractivity contribution in [2.45, 2.75) is 22.9 Å². The van der Waals surface area contributed by atoms with Crippen LogP contribution in [0.25, 0.3) is 0 Å². The van der Waals surface area contributed by atoms with Crippen LogP contribution >= 0.6 is 0 Å². The van der Waals surface area contributed by atoms with E-state index in [1.54, 1.807) is 0 Å². The SMILES string of the molecule is NS(=O)(=O)c1ccc(S(=O)(=O)N2CCN(Cc3nccn3C(F)F)CC2)cc1. The van der Waals surface area contributed by atoms with Gasteiger partial charge < -0.3 is 0 Å². The van der Waals surface area contributed by atoms with Crippen LogP contribution in [0.1, 0.15) is 12.4 Å². The standard InChI is InChI=1S/C15H19F2N5O4S2/c16-15(17)22-6-5-19-14(22)11-20-7-9-21(10-8-20)28(25,26)13-3-1-12(2-4-13)27(18,23)24/h1-6,15H,7-11H2,(H2,18,23,24). The molecule has 2 heterocycles. The van der Waals surface area contributed by atoms with E-state index in [-0.39, 0.29) is 35.2 Å². The maximum absolute atomic E-state index is 12.9. The number of halogens is 2. The lowest BCUT2D eigenvalue weighted by molar-refractivity contribution is 0.0626. The van der Waals surface area contributed by atoms with Crippen LogP contribution in [0.3, 0.4) is 0 Å². The van der Waals surface area contributed by atoms with Crippen LogP contribution in [-0.4, -0.2) is 61.8 Å². The topological polar surface area (TPSA) is 119 Å². The average molecular weight is 435 g/mol. The third-order valence-electron chi connectivity index (χ3n) is 4.45. The Hall–Kier alpha value is -1.93. The van der Waals surface area contributed by atoms with Crippen LogP contribution in [-0.2, 0) is 26.6 Å². The zero-order chi connectivity index (χ0) is 20.5. The van der Waals surface area contributed by atoms with Crippen LogP contribution < -0.4 is 5.14 Å². The van der Waals surface area contributed by atoms with Crippen molar-refractivity contribution >= 4 is 20.0 Å². The van der Waals surface area contributed by atoms with Crippen LogP contribution in [0.15, 0.2) is 46.5 Å². The monoisotopic (exact) mass is 435 g/mol. The molecule has 1 aliphatic rings. The summed E-state index contributed by atoms with van der Waals surface area (Å²) in [4.78, 5) is 5.55. The number of benzene rings is 1. The van der Waals surface area contributed by atoms with E-state index in [2.05, 4.69) is 4.98 Å². The van der Waals surface area contributed by atoms with Gasteiger partial charge in [-0.2, -0.15) is 13.1 Å². The van der Waals surface area contributed by atoms with Gasteiger partial charge in [0.1, 0.15) is 5.82 Å². The van der Waals surface area contributed by atoms with Crippen molar-refractivity contribution in [1.29, 1.82) is 0 Å². The molecule has 0 radical (unpaired) electrons. The molecule has 1 fully saturated rings. The molecule has 0 unspecified atom stereocenters. The first-order valence-corrected chi connectivity index (χ1v) is 11.2. The van der Waals surface area contributed by atoms with E-state index in [9.17, 15) is 25.6 Å². The number of sulfonamides is 2. The normalized spacial score (nSPS) is 17.3. The minimum Gasteiger partial charge on any atom is -0.293 e. The van der Waals surface area contributed by atoms with E-state index in [1.165, 1.54) is 28.8 Å². The third-order valence-corrected chi connectivity index (χ3v) is 7.29. The molecule has 0 atom stereocenters. The van der Waals surface area contributed by atoms with Crippen molar-refractivity contribution in [2.24, 2.45) is 5.14 Å². The summed E-state index contributed by atoms with van der Waals surface area (Å²) in [7, 11) is -7.71. The van der Waals surface area contributed by atoms with Crippen LogP contribution in [0.5, 0.6) is 0 Å². The van der Waals surface area contributed by atoms with E-state index in [4.69, 9.17) is 5.14 Å². The molecule has 0 bridgehead atoms. The Morgan fingerprint density at radius 3 is 2.11 bits per heavy atom. The predicted octanol–water partition coefficient (Wildman–Crippen LogP) is 0.432. The number of nitrogens with two attached hydrogens (primary N) is 1. The molecule has 1 aliphatic heterocycles. The molecular formula is C15H19F2N5O4S2. The lowest BCUT2D eigenvalue weighted by Crippen LogP contribution is -2.48. The summed E-state index contributed by atoms with van der Waals surface area (Å²) >= 11 is 0. The lowest BCUT2D eigenvalue weighted by atomic mass is 10.3. The van der Waals surface area contributed by atoms with Crippen molar-refractivity contribution in [3.05, 3.63) is 42.5 Å². The van der Waals surface area contributed by atoms with Crippen LogP contribution in [0.2, 0.25) is 0 Å². The molecule has 2 aromatic rings. The molecule has 13 heteroatoms. The second-order valence-electron chi connectivity index (χ2n) is 6.23. The summed E-state index contributed by atoms with van der Waals surface area (Å²) in [5.41, 5.74) is 0. The predicted molar refractivity (Wildman–Crippen MR) is 95.3 cm³/mol. The second-order valence-corrected chi connectivity index (χ2v) is 9.72. The molecule has 0 saturated carbocycles. The average Bonchev–Trinajstić information content (AvgIpc) is 3.10. The fourth-order valence-electron chi connectivity index (χ4n) is 2.92. The molecule has 9 nitrogen and oxygen atoms in total. The summed E-state index contributed by atoms with van der Waals surface area (Å²) in [5.74, 6) is 0.213. The first-order chi connectivity index (χ1) is 13.1. The smallest absolute Gasteiger partial charge is 0.293 e. The van der Waals surface area contributed by atoms with Crippen LogP contribution in [0.4, 0.5) is 8.78 Å². The number of rotatable bonds is 6. The summed E-state index contributed by atoms with van der Waals surface area (Å²) in [6.07, 6.45) is 2.50. The summed E-state index contributed by atoms with van der Waals surface area (Å²) in [6, 6.07) is 4.67. The van der Waals surface area contributed by atoms with E-state index < -0.39 is 26.6 Å². The van der Waals surface area contributed by atoms with Gasteiger partial charge in [0.05, 0.1) is 16.3 Å². The Balaban J connectivity index is 1.66. The largest absolute Gasteiger partial charge is 0.319 e. The van der Waals surface area contributed by atoms with E-state index >= 15 is 0 Å². The van der Waals surface area contributed by atoms with Gasteiger partial charge in [-0.15, -0.1) is 0 Å². The molecule has 28 heavy (non-hydrogen) atoms. The van der Waals surface area contributed by atoms with Gasteiger partial charge in [0.2, 0.25) is 20.0 Å². The zero-order valence-corrected chi connectivity index (χ0v) is 16.3. The molecule has 154 valence electrons. The number of aromatic nitrogens is 2. The van der Waals surface area contributed by atoms with E-state index in [0.717, 1.165) is 16.7 Å². The van der Waals surface area contributed by atoms with Gasteiger partial charge in [-0.05, 0) is 24.3 Å². The molecule has 2 N–H and O–H groups in total. The van der Waals surface area contributed by atoms with Gasteiger partial charge in [-0.3, -0.25) is 9.47 Å². The maximum atomic E-state index is 12.9. The van der Waals surface area contributed by atoms with Gasteiger partial charge in [0.25, 0.3) is 0 Å². The number of hydrogen-bond acceptors (Lipinski definition) is 6. The van der Waals surface area contributed by atoms with E-state index in [1.807, 2.05) is 4.90 Å². The Morgan fingerprint density at radius 1 is 1.00 bits per heavy atom. The summed E-state index contributed by atoms with van der Waals surface area (Å²) in [5, 5.41) is 5.01. The van der Waals surface area contributed by atoms with Crippen molar-refractivity contribution in [2.75, 3.05) is 26.2 Å². The summed E-state index contributed by atoms with van der Waals surface area (Å²) < 4.78 is 75.9. The highest BCUT2D eigenvalue weighted by molar-refractivity contribution is 7.89. The van der Waals surface area contributed by atoms with Gasteiger partial charge in [0.15, 0.2) is 0 Å². The first kappa shape index (κ1) is 20.8. The fraction of sp³-hybridized carbons (Fsp3) is 0.400. The zero-order valence-electron chi connectivity index (χ0n) is 14.6. The van der Waals surface area contributed by atoms with Gasteiger partial charge in [-0.1, -0.05) is 0 Å². The number of alkyl halides is 2. The molecule has 3 rings (SSSR count). The molecule has 1 saturated heterocycles.